The van der Waals surface area contributed by atoms with Crippen LogP contribution in [0.25, 0.3) is 11.4 Å². The average molecular weight is 218 g/mol. The number of phenolic OH excluding ortho intramolecular Hbond substituents is 1. The minimum Gasteiger partial charge on any atom is -0.507 e. The number of benzene rings is 1. The van der Waals surface area contributed by atoms with Crippen LogP contribution in [0, 0.1) is 0 Å². The van der Waals surface area contributed by atoms with Crippen LogP contribution >= 0.6 is 0 Å². The zero-order valence-electron chi connectivity index (χ0n) is 9.07. The van der Waals surface area contributed by atoms with Crippen LogP contribution in [0.3, 0.4) is 0 Å². The first kappa shape index (κ1) is 10.5. The number of hydrogen-bond acceptors (Lipinski definition) is 4. The lowest BCUT2D eigenvalue weighted by Crippen LogP contribution is -1.87. The molecule has 1 aromatic carbocycles. The summed E-state index contributed by atoms with van der Waals surface area (Å²) in [6, 6.07) is 4.92. The first-order valence-corrected chi connectivity index (χ1v) is 5.21. The summed E-state index contributed by atoms with van der Waals surface area (Å²) in [6.07, 6.45) is 1.85. The van der Waals surface area contributed by atoms with Crippen molar-refractivity contribution in [2.24, 2.45) is 0 Å². The number of aromatic nitrogens is 3. The Labute approximate surface area is 93.3 Å². The molecule has 0 aliphatic rings. The Morgan fingerprint density at radius 2 is 2.25 bits per heavy atom. The van der Waals surface area contributed by atoms with Crippen LogP contribution in [0.5, 0.6) is 5.75 Å². The number of nitrogens with one attached hydrogen (secondary N) is 1. The first-order valence-electron chi connectivity index (χ1n) is 5.21. The Bertz CT molecular complexity index is 492. The van der Waals surface area contributed by atoms with Gasteiger partial charge in [-0.15, -0.1) is 0 Å². The largest absolute Gasteiger partial charge is 0.507 e. The van der Waals surface area contributed by atoms with Gasteiger partial charge < -0.3 is 10.8 Å². The summed E-state index contributed by atoms with van der Waals surface area (Å²) >= 11 is 0. The number of hydrogen-bond donors (Lipinski definition) is 3. The Kier molecular flexibility index (Phi) is 2.76. The summed E-state index contributed by atoms with van der Waals surface area (Å²) in [5.74, 6) is 1.43. The number of phenols is 1. The molecule has 0 saturated carbocycles. The van der Waals surface area contributed by atoms with Crippen molar-refractivity contribution in [3.63, 3.8) is 0 Å². The second kappa shape index (κ2) is 4.22. The van der Waals surface area contributed by atoms with Gasteiger partial charge in [-0.2, -0.15) is 5.10 Å². The average Bonchev–Trinajstić information content (AvgIpc) is 2.67. The number of nitrogens with zero attached hydrogens (tertiary/aromatic N) is 2. The molecule has 0 spiro atoms. The third kappa shape index (κ3) is 1.98. The van der Waals surface area contributed by atoms with Gasteiger partial charge in [0.1, 0.15) is 11.6 Å². The van der Waals surface area contributed by atoms with Crippen molar-refractivity contribution in [1.29, 1.82) is 0 Å². The minimum atomic E-state index is 0.0991. The summed E-state index contributed by atoms with van der Waals surface area (Å²) in [5.41, 5.74) is 6.66. The van der Waals surface area contributed by atoms with E-state index in [-0.39, 0.29) is 5.75 Å². The van der Waals surface area contributed by atoms with Gasteiger partial charge in [-0.25, -0.2) is 4.98 Å². The number of rotatable bonds is 3. The van der Waals surface area contributed by atoms with E-state index in [0.29, 0.717) is 17.1 Å². The lowest BCUT2D eigenvalue weighted by molar-refractivity contribution is 0.477. The zero-order chi connectivity index (χ0) is 11.5. The molecule has 0 fully saturated rings. The van der Waals surface area contributed by atoms with E-state index in [0.717, 1.165) is 18.7 Å². The van der Waals surface area contributed by atoms with Gasteiger partial charge in [0.05, 0.1) is 5.56 Å². The van der Waals surface area contributed by atoms with Gasteiger partial charge in [-0.05, 0) is 18.6 Å². The fourth-order valence-electron chi connectivity index (χ4n) is 1.50. The quantitative estimate of drug-likeness (QED) is 0.684. The van der Waals surface area contributed by atoms with E-state index in [4.69, 9.17) is 5.73 Å². The highest BCUT2D eigenvalue weighted by atomic mass is 16.3. The van der Waals surface area contributed by atoms with Crippen LogP contribution in [0.4, 0.5) is 5.69 Å². The molecule has 1 heterocycles. The van der Waals surface area contributed by atoms with Crippen molar-refractivity contribution < 1.29 is 5.11 Å². The van der Waals surface area contributed by atoms with Gasteiger partial charge in [0.25, 0.3) is 0 Å². The Hall–Kier alpha value is -2.04. The molecule has 2 rings (SSSR count). The number of aromatic hydroxyl groups is 1. The molecule has 5 nitrogen and oxygen atoms in total. The van der Waals surface area contributed by atoms with E-state index in [1.165, 1.54) is 6.07 Å². The summed E-state index contributed by atoms with van der Waals surface area (Å²) in [6.45, 7) is 2.07. The number of H-pyrrole nitrogens is 1. The fraction of sp³-hybridized carbons (Fsp3) is 0.273. The van der Waals surface area contributed by atoms with Crippen LogP contribution < -0.4 is 5.73 Å². The van der Waals surface area contributed by atoms with Crippen LogP contribution in [0.2, 0.25) is 0 Å². The van der Waals surface area contributed by atoms with E-state index < -0.39 is 0 Å². The minimum absolute atomic E-state index is 0.0991. The maximum Gasteiger partial charge on any atom is 0.184 e. The molecule has 1 aromatic heterocycles. The monoisotopic (exact) mass is 218 g/mol. The Balaban J connectivity index is 2.35. The van der Waals surface area contributed by atoms with Crippen molar-refractivity contribution in [3.8, 4) is 17.1 Å². The summed E-state index contributed by atoms with van der Waals surface area (Å²) < 4.78 is 0. The second-order valence-corrected chi connectivity index (χ2v) is 3.63. The molecule has 0 aliphatic carbocycles. The standard InChI is InChI=1S/C11H14N4O/c1-2-3-10-13-11(15-14-10)8-5-4-7(12)6-9(8)16/h4-6,16H,2-3,12H2,1H3,(H,13,14,15). The number of aromatic amines is 1. The predicted molar refractivity (Wildman–Crippen MR) is 61.9 cm³/mol. The van der Waals surface area contributed by atoms with E-state index in [1.807, 2.05) is 0 Å². The van der Waals surface area contributed by atoms with E-state index in [1.54, 1.807) is 12.1 Å². The molecule has 5 heteroatoms. The summed E-state index contributed by atoms with van der Waals surface area (Å²) in [7, 11) is 0. The van der Waals surface area contributed by atoms with Gasteiger partial charge >= 0.3 is 0 Å². The van der Waals surface area contributed by atoms with E-state index in [9.17, 15) is 5.11 Å². The number of anilines is 1. The maximum atomic E-state index is 9.71. The highest BCUT2D eigenvalue weighted by Gasteiger charge is 2.09. The Morgan fingerprint density at radius 3 is 2.94 bits per heavy atom. The zero-order valence-corrected chi connectivity index (χ0v) is 9.07. The van der Waals surface area contributed by atoms with E-state index >= 15 is 0 Å². The molecule has 0 saturated heterocycles. The van der Waals surface area contributed by atoms with Gasteiger partial charge in [0.15, 0.2) is 5.82 Å². The van der Waals surface area contributed by atoms with Crippen molar-refractivity contribution >= 4 is 5.69 Å². The molecular weight excluding hydrogens is 204 g/mol. The molecule has 0 amide bonds. The summed E-state index contributed by atoms with van der Waals surface area (Å²) in [4.78, 5) is 4.29. The van der Waals surface area contributed by atoms with Crippen molar-refractivity contribution in [2.75, 3.05) is 5.73 Å². The molecule has 4 N–H and O–H groups in total. The molecule has 0 radical (unpaired) electrons. The lowest BCUT2D eigenvalue weighted by atomic mass is 10.2. The Morgan fingerprint density at radius 1 is 1.44 bits per heavy atom. The maximum absolute atomic E-state index is 9.71. The van der Waals surface area contributed by atoms with Crippen LogP contribution in [0.1, 0.15) is 19.2 Å². The van der Waals surface area contributed by atoms with E-state index in [2.05, 4.69) is 22.1 Å². The number of nitrogens with two attached hydrogens (primary N) is 1. The number of nitrogen functional groups attached to an aromatic ring is 1. The molecule has 2 aromatic rings. The van der Waals surface area contributed by atoms with Gasteiger partial charge in [0, 0.05) is 18.2 Å². The molecule has 0 aliphatic heterocycles. The fourth-order valence-corrected chi connectivity index (χ4v) is 1.50. The first-order chi connectivity index (χ1) is 7.70. The molecular formula is C11H14N4O. The third-order valence-corrected chi connectivity index (χ3v) is 2.28. The van der Waals surface area contributed by atoms with Crippen molar-refractivity contribution in [1.82, 2.24) is 15.2 Å². The smallest absolute Gasteiger partial charge is 0.184 e. The van der Waals surface area contributed by atoms with Gasteiger partial charge in [-0.3, -0.25) is 5.10 Å². The third-order valence-electron chi connectivity index (χ3n) is 2.28. The molecule has 0 bridgehead atoms. The highest BCUT2D eigenvalue weighted by molar-refractivity contribution is 5.67. The molecule has 0 atom stereocenters. The topological polar surface area (TPSA) is 87.8 Å². The molecule has 0 unspecified atom stereocenters. The summed E-state index contributed by atoms with van der Waals surface area (Å²) in [5, 5.41) is 16.6. The van der Waals surface area contributed by atoms with Crippen molar-refractivity contribution in [3.05, 3.63) is 24.0 Å². The highest BCUT2D eigenvalue weighted by Crippen LogP contribution is 2.28. The SMILES string of the molecule is CCCc1nc(-c2ccc(N)cc2O)n[nH]1. The second-order valence-electron chi connectivity index (χ2n) is 3.63. The lowest BCUT2D eigenvalue weighted by Gasteiger charge is -2.00. The molecule has 84 valence electrons. The van der Waals surface area contributed by atoms with Crippen LogP contribution in [-0.4, -0.2) is 20.3 Å². The van der Waals surface area contributed by atoms with Crippen molar-refractivity contribution in [2.45, 2.75) is 19.8 Å². The number of aryl methyl sites for hydroxylation is 1. The predicted octanol–water partition coefficient (Wildman–Crippen LogP) is 1.71. The molecule has 16 heavy (non-hydrogen) atoms. The van der Waals surface area contributed by atoms with Crippen LogP contribution in [-0.2, 0) is 6.42 Å². The van der Waals surface area contributed by atoms with Crippen LogP contribution in [0.15, 0.2) is 18.2 Å². The normalized spacial score (nSPS) is 10.6. The van der Waals surface area contributed by atoms with Gasteiger partial charge in [-0.1, -0.05) is 6.92 Å². The van der Waals surface area contributed by atoms with Gasteiger partial charge in [0.2, 0.25) is 0 Å².